The molecule has 0 fully saturated rings. The molecule has 0 heterocycles. The molecule has 2 heteroatoms. The molecule has 0 nitrogen and oxygen atoms in total. The summed E-state index contributed by atoms with van der Waals surface area (Å²) in [6.45, 7) is 4.65. The molecule has 0 spiro atoms. The zero-order chi connectivity index (χ0) is 12.2. The molecular weight excluding hydrogens is 318 g/mol. The van der Waals surface area contributed by atoms with E-state index in [-0.39, 0.29) is 5.41 Å². The second-order valence-corrected chi connectivity index (χ2v) is 6.61. The van der Waals surface area contributed by atoms with Crippen LogP contribution in [0.3, 0.4) is 0 Å². The Kier molecular flexibility index (Phi) is 2.41. The molecule has 0 saturated carbocycles. The lowest BCUT2D eigenvalue weighted by atomic mass is 9.80. The van der Waals surface area contributed by atoms with Gasteiger partial charge in [0.05, 0.1) is 0 Å². The molecule has 0 saturated heterocycles. The summed E-state index contributed by atoms with van der Waals surface area (Å²) < 4.78 is 1.32. The predicted octanol–water partition coefficient (Wildman–Crippen LogP) is 2.86. The van der Waals surface area contributed by atoms with E-state index in [0.29, 0.717) is 0 Å². The van der Waals surface area contributed by atoms with E-state index in [4.69, 9.17) is 0 Å². The molecule has 0 aliphatic heterocycles. The molecule has 0 radical (unpaired) electrons. The third-order valence-corrected chi connectivity index (χ3v) is 4.46. The van der Waals surface area contributed by atoms with Crippen LogP contribution in [0.2, 0.25) is 0 Å². The van der Waals surface area contributed by atoms with Crippen molar-refractivity contribution in [2.45, 2.75) is 19.3 Å². The Morgan fingerprint density at radius 1 is 0.941 bits per heavy atom. The van der Waals surface area contributed by atoms with Crippen LogP contribution in [0.5, 0.6) is 0 Å². The smallest absolute Gasteiger partial charge is 0.0886 e. The summed E-state index contributed by atoms with van der Waals surface area (Å²) in [4.78, 5) is 0. The van der Waals surface area contributed by atoms with Crippen LogP contribution in [0.4, 0.5) is 0 Å². The van der Waals surface area contributed by atoms with Crippen LogP contribution < -0.4 is 5.46 Å². The minimum atomic E-state index is 0.137. The number of rotatable bonds is 0. The van der Waals surface area contributed by atoms with Gasteiger partial charge in [0.2, 0.25) is 0 Å². The van der Waals surface area contributed by atoms with Crippen molar-refractivity contribution >= 4 is 35.9 Å². The summed E-state index contributed by atoms with van der Waals surface area (Å²) in [5, 5.41) is 0. The molecule has 17 heavy (non-hydrogen) atoms. The maximum atomic E-state index is 2.40. The van der Waals surface area contributed by atoms with Gasteiger partial charge in [0.25, 0.3) is 0 Å². The van der Waals surface area contributed by atoms with E-state index in [1.807, 2.05) is 0 Å². The van der Waals surface area contributed by atoms with Crippen molar-refractivity contribution in [1.29, 1.82) is 0 Å². The summed E-state index contributed by atoms with van der Waals surface area (Å²) in [7, 11) is 2.17. The Hall–Kier alpha value is -0.765. The van der Waals surface area contributed by atoms with E-state index in [1.165, 1.54) is 31.3 Å². The van der Waals surface area contributed by atoms with E-state index < -0.39 is 0 Å². The van der Waals surface area contributed by atoms with Crippen molar-refractivity contribution in [2.24, 2.45) is 0 Å². The second-order valence-electron chi connectivity index (χ2n) is 5.36. The van der Waals surface area contributed by atoms with Crippen LogP contribution in [-0.2, 0) is 5.41 Å². The topological polar surface area (TPSA) is 0 Å². The van der Waals surface area contributed by atoms with E-state index in [1.54, 1.807) is 0 Å². The number of benzene rings is 2. The van der Waals surface area contributed by atoms with Gasteiger partial charge < -0.3 is 0 Å². The third kappa shape index (κ3) is 1.57. The number of halogens is 1. The van der Waals surface area contributed by atoms with E-state index in [0.717, 1.165) is 0 Å². The second kappa shape index (κ2) is 3.61. The third-order valence-electron chi connectivity index (χ3n) is 3.79. The average Bonchev–Trinajstić information content (AvgIpc) is 2.49. The molecule has 1 aliphatic rings. The zero-order valence-corrected chi connectivity index (χ0v) is 12.5. The van der Waals surface area contributed by atoms with Crippen molar-refractivity contribution in [3.8, 4) is 11.1 Å². The zero-order valence-electron chi connectivity index (χ0n) is 10.3. The van der Waals surface area contributed by atoms with Crippen molar-refractivity contribution in [1.82, 2.24) is 0 Å². The lowest BCUT2D eigenvalue weighted by Gasteiger charge is -2.21. The standard InChI is InChI=1S/C15H14BI/c1-15(2)13-7-9(16)3-5-11(13)12-6-4-10(17)8-14(12)15/h3-8H,16H2,1-2H3. The summed E-state index contributed by atoms with van der Waals surface area (Å²) in [5.74, 6) is 0. The van der Waals surface area contributed by atoms with E-state index in [2.05, 4.69) is 80.7 Å². The first-order valence-corrected chi connectivity index (χ1v) is 6.99. The van der Waals surface area contributed by atoms with Crippen LogP contribution in [0.25, 0.3) is 11.1 Å². The molecule has 0 atom stereocenters. The fourth-order valence-corrected chi connectivity index (χ4v) is 3.31. The van der Waals surface area contributed by atoms with Gasteiger partial charge in [0.15, 0.2) is 0 Å². The van der Waals surface area contributed by atoms with Gasteiger partial charge in [-0.05, 0) is 57.0 Å². The fraction of sp³-hybridized carbons (Fsp3) is 0.200. The quantitative estimate of drug-likeness (QED) is 0.514. The van der Waals surface area contributed by atoms with Crippen LogP contribution in [0.15, 0.2) is 36.4 Å². The molecule has 2 aromatic rings. The highest BCUT2D eigenvalue weighted by atomic mass is 127. The minimum absolute atomic E-state index is 0.137. The van der Waals surface area contributed by atoms with Crippen LogP contribution >= 0.6 is 22.6 Å². The first-order chi connectivity index (χ1) is 8.00. The van der Waals surface area contributed by atoms with Crippen molar-refractivity contribution in [3.05, 3.63) is 51.1 Å². The lowest BCUT2D eigenvalue weighted by molar-refractivity contribution is 0.660. The van der Waals surface area contributed by atoms with Gasteiger partial charge in [-0.25, -0.2) is 0 Å². The number of hydrogen-bond acceptors (Lipinski definition) is 0. The molecule has 0 amide bonds. The van der Waals surface area contributed by atoms with Gasteiger partial charge in [-0.3, -0.25) is 0 Å². The Balaban J connectivity index is 2.37. The van der Waals surface area contributed by atoms with E-state index in [9.17, 15) is 0 Å². The van der Waals surface area contributed by atoms with Gasteiger partial charge in [-0.15, -0.1) is 0 Å². The molecule has 0 aromatic heterocycles. The molecule has 2 aromatic carbocycles. The van der Waals surface area contributed by atoms with Crippen molar-refractivity contribution < 1.29 is 0 Å². The monoisotopic (exact) mass is 332 g/mol. The summed E-state index contributed by atoms with van der Waals surface area (Å²) in [5.41, 5.74) is 7.23. The Morgan fingerprint density at radius 3 is 2.24 bits per heavy atom. The van der Waals surface area contributed by atoms with Crippen LogP contribution in [-0.4, -0.2) is 7.85 Å². The van der Waals surface area contributed by atoms with E-state index >= 15 is 0 Å². The molecule has 0 N–H and O–H groups in total. The summed E-state index contributed by atoms with van der Waals surface area (Å²) in [6, 6.07) is 13.6. The van der Waals surface area contributed by atoms with Crippen LogP contribution in [0.1, 0.15) is 25.0 Å². The fourth-order valence-electron chi connectivity index (χ4n) is 2.82. The highest BCUT2D eigenvalue weighted by Crippen LogP contribution is 2.48. The summed E-state index contributed by atoms with van der Waals surface area (Å²) in [6.07, 6.45) is 0. The molecule has 84 valence electrons. The largest absolute Gasteiger partial charge is 0.139 e. The normalized spacial score (nSPS) is 15.5. The molecule has 0 bridgehead atoms. The average molecular weight is 332 g/mol. The highest BCUT2D eigenvalue weighted by Gasteiger charge is 2.35. The number of hydrogen-bond donors (Lipinski definition) is 0. The molecule has 0 unspecified atom stereocenters. The Labute approximate surface area is 117 Å². The van der Waals surface area contributed by atoms with Crippen molar-refractivity contribution in [2.75, 3.05) is 0 Å². The van der Waals surface area contributed by atoms with Gasteiger partial charge in [-0.2, -0.15) is 0 Å². The summed E-state index contributed by atoms with van der Waals surface area (Å²) >= 11 is 2.40. The first-order valence-electron chi connectivity index (χ1n) is 5.92. The van der Waals surface area contributed by atoms with Gasteiger partial charge >= 0.3 is 0 Å². The van der Waals surface area contributed by atoms with Gasteiger partial charge in [0, 0.05) is 8.99 Å². The maximum absolute atomic E-state index is 2.40. The molecule has 3 rings (SSSR count). The minimum Gasteiger partial charge on any atom is -0.0886 e. The maximum Gasteiger partial charge on any atom is 0.139 e. The van der Waals surface area contributed by atoms with Gasteiger partial charge in [0.1, 0.15) is 7.85 Å². The molecular formula is C15H14BI. The van der Waals surface area contributed by atoms with Crippen LogP contribution in [0, 0.1) is 3.57 Å². The highest BCUT2D eigenvalue weighted by molar-refractivity contribution is 14.1. The first kappa shape index (κ1) is 11.3. The lowest BCUT2D eigenvalue weighted by Crippen LogP contribution is -2.17. The predicted molar refractivity (Wildman–Crippen MR) is 84.9 cm³/mol. The van der Waals surface area contributed by atoms with Crippen molar-refractivity contribution in [3.63, 3.8) is 0 Å². The Morgan fingerprint density at radius 2 is 1.53 bits per heavy atom. The Bertz CT molecular complexity index is 561. The number of fused-ring (bicyclic) bond motifs is 3. The SMILES string of the molecule is Bc1ccc2c(c1)C(C)(C)c1cc(I)ccc1-2. The van der Waals surface area contributed by atoms with Gasteiger partial charge in [-0.1, -0.05) is 43.6 Å². The molecule has 1 aliphatic carbocycles.